The lowest BCUT2D eigenvalue weighted by atomic mass is 10.3. The molecule has 17 heavy (non-hydrogen) atoms. The lowest BCUT2D eigenvalue weighted by molar-refractivity contribution is 0.295. The number of aromatic nitrogens is 2. The molecule has 0 aliphatic rings. The fourth-order valence-electron chi connectivity index (χ4n) is 1.43. The molecule has 88 valence electrons. The lowest BCUT2D eigenvalue weighted by Gasteiger charge is -2.06. The van der Waals surface area contributed by atoms with E-state index in [1.165, 1.54) is 6.07 Å². The maximum atomic E-state index is 11.2. The Bertz CT molecular complexity index is 561. The average Bonchev–Trinajstić information content (AvgIpc) is 2.27. The summed E-state index contributed by atoms with van der Waals surface area (Å²) in [5.41, 5.74) is 6.74. The van der Waals surface area contributed by atoms with E-state index < -0.39 is 0 Å². The molecular weight excluding hydrogens is 218 g/mol. The number of anilines is 1. The number of nitrogens with one attached hydrogen (secondary N) is 1. The summed E-state index contributed by atoms with van der Waals surface area (Å²) in [4.78, 5) is 18.0. The van der Waals surface area contributed by atoms with Crippen LogP contribution in [0.3, 0.4) is 0 Å². The summed E-state index contributed by atoms with van der Waals surface area (Å²) in [7, 11) is 0. The molecular formula is C12H13N3O2. The van der Waals surface area contributed by atoms with Crippen molar-refractivity contribution >= 4 is 5.69 Å². The largest absolute Gasteiger partial charge is 0.486 e. The zero-order valence-corrected chi connectivity index (χ0v) is 9.43. The third-order valence-corrected chi connectivity index (χ3v) is 2.17. The Kier molecular flexibility index (Phi) is 3.09. The van der Waals surface area contributed by atoms with Gasteiger partial charge >= 0.3 is 0 Å². The molecule has 2 aromatic rings. The van der Waals surface area contributed by atoms with Crippen LogP contribution in [-0.2, 0) is 6.61 Å². The molecule has 0 amide bonds. The van der Waals surface area contributed by atoms with E-state index in [0.717, 1.165) is 0 Å². The van der Waals surface area contributed by atoms with Crippen molar-refractivity contribution in [2.75, 3.05) is 5.73 Å². The Morgan fingerprint density at radius 3 is 2.71 bits per heavy atom. The molecule has 1 aromatic carbocycles. The van der Waals surface area contributed by atoms with E-state index in [1.54, 1.807) is 31.2 Å². The molecule has 0 radical (unpaired) electrons. The number of ether oxygens (including phenoxy) is 1. The molecule has 1 heterocycles. The summed E-state index contributed by atoms with van der Waals surface area (Å²) in [6.07, 6.45) is 0. The first kappa shape index (κ1) is 11.2. The van der Waals surface area contributed by atoms with Crippen LogP contribution in [0.1, 0.15) is 11.5 Å². The Hall–Kier alpha value is -2.30. The van der Waals surface area contributed by atoms with Crippen molar-refractivity contribution in [2.24, 2.45) is 0 Å². The number of hydrogen-bond acceptors (Lipinski definition) is 4. The van der Waals surface area contributed by atoms with E-state index in [9.17, 15) is 4.79 Å². The Labute approximate surface area is 98.3 Å². The van der Waals surface area contributed by atoms with Gasteiger partial charge in [-0.15, -0.1) is 0 Å². The summed E-state index contributed by atoms with van der Waals surface area (Å²) >= 11 is 0. The second-order valence-electron chi connectivity index (χ2n) is 3.69. The van der Waals surface area contributed by atoms with Crippen LogP contribution in [0.2, 0.25) is 0 Å². The first-order valence-electron chi connectivity index (χ1n) is 5.19. The minimum Gasteiger partial charge on any atom is -0.486 e. The zero-order valence-electron chi connectivity index (χ0n) is 9.43. The van der Waals surface area contributed by atoms with Gasteiger partial charge in [-0.05, 0) is 31.2 Å². The SMILES string of the molecule is Cc1cc(=O)[nH]c(COc2ccc(N)cc2)n1. The van der Waals surface area contributed by atoms with Crippen LogP contribution < -0.4 is 16.0 Å². The second kappa shape index (κ2) is 4.69. The molecule has 3 N–H and O–H groups in total. The van der Waals surface area contributed by atoms with E-state index in [1.807, 2.05) is 0 Å². The molecule has 0 aliphatic heterocycles. The fraction of sp³-hybridized carbons (Fsp3) is 0.167. The molecule has 0 saturated carbocycles. The Morgan fingerprint density at radius 2 is 2.06 bits per heavy atom. The third-order valence-electron chi connectivity index (χ3n) is 2.17. The van der Waals surface area contributed by atoms with Crippen LogP contribution in [-0.4, -0.2) is 9.97 Å². The molecule has 0 bridgehead atoms. The lowest BCUT2D eigenvalue weighted by Crippen LogP contribution is -2.13. The normalized spacial score (nSPS) is 10.2. The number of H-pyrrole nitrogens is 1. The summed E-state index contributed by atoms with van der Waals surface area (Å²) in [6, 6.07) is 8.47. The van der Waals surface area contributed by atoms with Crippen molar-refractivity contribution in [1.29, 1.82) is 0 Å². The van der Waals surface area contributed by atoms with Gasteiger partial charge in [0.2, 0.25) is 0 Å². The number of nitrogens with two attached hydrogens (primary N) is 1. The molecule has 0 unspecified atom stereocenters. The van der Waals surface area contributed by atoms with E-state index in [2.05, 4.69) is 9.97 Å². The molecule has 0 aliphatic carbocycles. The van der Waals surface area contributed by atoms with Crippen LogP contribution in [0.15, 0.2) is 35.1 Å². The first-order chi connectivity index (χ1) is 8.13. The van der Waals surface area contributed by atoms with E-state index in [-0.39, 0.29) is 12.2 Å². The summed E-state index contributed by atoms with van der Waals surface area (Å²) in [5, 5.41) is 0. The highest BCUT2D eigenvalue weighted by Crippen LogP contribution is 2.13. The summed E-state index contributed by atoms with van der Waals surface area (Å²) < 4.78 is 5.47. The number of rotatable bonds is 3. The predicted octanol–water partition coefficient (Wildman–Crippen LogP) is 1.24. The van der Waals surface area contributed by atoms with Gasteiger partial charge in [0.25, 0.3) is 5.56 Å². The maximum absolute atomic E-state index is 11.2. The Morgan fingerprint density at radius 1 is 1.35 bits per heavy atom. The maximum Gasteiger partial charge on any atom is 0.251 e. The molecule has 1 aromatic heterocycles. The van der Waals surface area contributed by atoms with Crippen LogP contribution >= 0.6 is 0 Å². The number of benzene rings is 1. The number of nitrogens with zero attached hydrogens (tertiary/aromatic N) is 1. The van der Waals surface area contributed by atoms with Crippen molar-refractivity contribution in [3.05, 3.63) is 52.2 Å². The van der Waals surface area contributed by atoms with Gasteiger partial charge in [-0.1, -0.05) is 0 Å². The van der Waals surface area contributed by atoms with Gasteiger partial charge in [0, 0.05) is 17.4 Å². The molecule has 2 rings (SSSR count). The van der Waals surface area contributed by atoms with Gasteiger partial charge in [0.05, 0.1) is 0 Å². The summed E-state index contributed by atoms with van der Waals surface area (Å²) in [6.45, 7) is 1.99. The van der Waals surface area contributed by atoms with Gasteiger partial charge in [-0.3, -0.25) is 4.79 Å². The zero-order chi connectivity index (χ0) is 12.3. The van der Waals surface area contributed by atoms with E-state index in [0.29, 0.717) is 23.0 Å². The van der Waals surface area contributed by atoms with Crippen molar-refractivity contribution in [1.82, 2.24) is 9.97 Å². The average molecular weight is 231 g/mol. The highest BCUT2D eigenvalue weighted by Gasteiger charge is 1.99. The monoisotopic (exact) mass is 231 g/mol. The van der Waals surface area contributed by atoms with Gasteiger partial charge in [-0.2, -0.15) is 0 Å². The second-order valence-corrected chi connectivity index (χ2v) is 3.69. The molecule has 0 saturated heterocycles. The number of hydrogen-bond donors (Lipinski definition) is 2. The summed E-state index contributed by atoms with van der Waals surface area (Å²) in [5.74, 6) is 1.19. The smallest absolute Gasteiger partial charge is 0.251 e. The molecule has 0 fully saturated rings. The highest BCUT2D eigenvalue weighted by molar-refractivity contribution is 5.41. The van der Waals surface area contributed by atoms with Crippen molar-refractivity contribution in [3.63, 3.8) is 0 Å². The van der Waals surface area contributed by atoms with Gasteiger partial charge < -0.3 is 15.5 Å². The van der Waals surface area contributed by atoms with E-state index >= 15 is 0 Å². The standard InChI is InChI=1S/C12H13N3O2/c1-8-6-12(16)15-11(14-8)7-17-10-4-2-9(13)3-5-10/h2-6H,7,13H2,1H3,(H,14,15,16). The van der Waals surface area contributed by atoms with Crippen LogP contribution in [0.25, 0.3) is 0 Å². The predicted molar refractivity (Wildman–Crippen MR) is 64.8 cm³/mol. The Balaban J connectivity index is 2.07. The first-order valence-corrected chi connectivity index (χ1v) is 5.19. The van der Waals surface area contributed by atoms with Crippen molar-refractivity contribution < 1.29 is 4.74 Å². The molecule has 5 nitrogen and oxygen atoms in total. The van der Waals surface area contributed by atoms with Gasteiger partial charge in [-0.25, -0.2) is 4.98 Å². The van der Waals surface area contributed by atoms with Gasteiger partial charge in [0.15, 0.2) is 0 Å². The minimum absolute atomic E-state index is 0.173. The van der Waals surface area contributed by atoms with E-state index in [4.69, 9.17) is 10.5 Å². The fourth-order valence-corrected chi connectivity index (χ4v) is 1.43. The minimum atomic E-state index is -0.173. The molecule has 0 atom stereocenters. The third kappa shape index (κ3) is 3.07. The van der Waals surface area contributed by atoms with Crippen molar-refractivity contribution in [2.45, 2.75) is 13.5 Å². The number of aryl methyl sites for hydroxylation is 1. The van der Waals surface area contributed by atoms with Crippen molar-refractivity contribution in [3.8, 4) is 5.75 Å². The quantitative estimate of drug-likeness (QED) is 0.779. The van der Waals surface area contributed by atoms with Gasteiger partial charge in [0.1, 0.15) is 18.2 Å². The number of aromatic amines is 1. The highest BCUT2D eigenvalue weighted by atomic mass is 16.5. The van der Waals surface area contributed by atoms with Crippen LogP contribution in [0, 0.1) is 6.92 Å². The topological polar surface area (TPSA) is 81.0 Å². The number of nitrogen functional groups attached to an aromatic ring is 1. The molecule has 0 spiro atoms. The molecule has 5 heteroatoms. The van der Waals surface area contributed by atoms with Crippen LogP contribution in [0.4, 0.5) is 5.69 Å². The van der Waals surface area contributed by atoms with Crippen LogP contribution in [0.5, 0.6) is 5.75 Å².